The molecule has 4 aromatic rings. The molecule has 130 valence electrons. The van der Waals surface area contributed by atoms with Crippen LogP contribution in [0.4, 0.5) is 0 Å². The maximum absolute atomic E-state index is 13.0. The van der Waals surface area contributed by atoms with Crippen LogP contribution in [-0.4, -0.2) is 5.78 Å². The van der Waals surface area contributed by atoms with Gasteiger partial charge in [-0.15, -0.1) is 0 Å². The van der Waals surface area contributed by atoms with Gasteiger partial charge in [0.1, 0.15) is 0 Å². The number of ketones is 1. The minimum atomic E-state index is -0.0882. The molecule has 0 radical (unpaired) electrons. The average molecular weight is 348 g/mol. The van der Waals surface area contributed by atoms with E-state index in [9.17, 15) is 4.79 Å². The predicted octanol–water partition coefficient (Wildman–Crippen LogP) is 6.34. The molecule has 1 aliphatic rings. The number of aryl methyl sites for hydroxylation is 1. The maximum atomic E-state index is 13.0. The van der Waals surface area contributed by atoms with Crippen molar-refractivity contribution in [1.82, 2.24) is 0 Å². The number of benzene rings is 4. The SMILES string of the molecule is Cc1ccc2c(-c3ccccc3)cc(C3Cc4ccccc4C3=O)cc2c1. The van der Waals surface area contributed by atoms with Crippen LogP contribution in [0.1, 0.15) is 33.0 Å². The summed E-state index contributed by atoms with van der Waals surface area (Å²) in [4.78, 5) is 13.0. The van der Waals surface area contributed by atoms with Crippen molar-refractivity contribution in [1.29, 1.82) is 0 Å². The third-order valence-corrected chi connectivity index (χ3v) is 5.64. The molecule has 1 unspecified atom stereocenters. The zero-order chi connectivity index (χ0) is 18.4. The van der Waals surface area contributed by atoms with E-state index < -0.39 is 0 Å². The fourth-order valence-corrected chi connectivity index (χ4v) is 4.28. The minimum absolute atomic E-state index is 0.0882. The number of fused-ring (bicyclic) bond motifs is 2. The van der Waals surface area contributed by atoms with Crippen LogP contribution in [0, 0.1) is 6.92 Å². The Hall–Kier alpha value is -3.19. The van der Waals surface area contributed by atoms with E-state index in [1.165, 1.54) is 27.5 Å². The normalized spacial score (nSPS) is 15.9. The molecule has 0 spiro atoms. The fourth-order valence-electron chi connectivity index (χ4n) is 4.28. The predicted molar refractivity (Wildman–Crippen MR) is 111 cm³/mol. The molecule has 1 nitrogen and oxygen atoms in total. The zero-order valence-corrected chi connectivity index (χ0v) is 15.3. The van der Waals surface area contributed by atoms with E-state index in [0.29, 0.717) is 0 Å². The van der Waals surface area contributed by atoms with Crippen LogP contribution in [-0.2, 0) is 6.42 Å². The van der Waals surface area contributed by atoms with E-state index in [4.69, 9.17) is 0 Å². The molecule has 4 aromatic carbocycles. The highest BCUT2D eigenvalue weighted by Crippen LogP contribution is 2.38. The van der Waals surface area contributed by atoms with E-state index in [2.05, 4.69) is 67.6 Å². The van der Waals surface area contributed by atoms with Crippen molar-refractivity contribution in [2.75, 3.05) is 0 Å². The fraction of sp³-hybridized carbons (Fsp3) is 0.115. The third-order valence-electron chi connectivity index (χ3n) is 5.64. The molecule has 1 heteroatoms. The molecular weight excluding hydrogens is 328 g/mol. The second-order valence-corrected chi connectivity index (χ2v) is 7.44. The van der Waals surface area contributed by atoms with Crippen LogP contribution in [0.5, 0.6) is 0 Å². The first kappa shape index (κ1) is 16.0. The Labute approximate surface area is 159 Å². The molecule has 27 heavy (non-hydrogen) atoms. The Morgan fingerprint density at radius 3 is 2.37 bits per heavy atom. The Kier molecular flexibility index (Phi) is 3.68. The van der Waals surface area contributed by atoms with Crippen molar-refractivity contribution in [2.24, 2.45) is 0 Å². The van der Waals surface area contributed by atoms with Gasteiger partial charge < -0.3 is 0 Å². The van der Waals surface area contributed by atoms with E-state index in [1.54, 1.807) is 0 Å². The average Bonchev–Trinajstić information content (AvgIpc) is 3.04. The second-order valence-electron chi connectivity index (χ2n) is 7.44. The lowest BCUT2D eigenvalue weighted by molar-refractivity contribution is 0.0973. The first-order valence-corrected chi connectivity index (χ1v) is 9.42. The molecular formula is C26H20O. The number of carbonyl (C=O) groups is 1. The van der Waals surface area contributed by atoms with Gasteiger partial charge in [-0.2, -0.15) is 0 Å². The minimum Gasteiger partial charge on any atom is -0.293 e. The first-order valence-electron chi connectivity index (χ1n) is 9.42. The third kappa shape index (κ3) is 2.67. The molecule has 0 aromatic heterocycles. The van der Waals surface area contributed by atoms with E-state index >= 15 is 0 Å². The van der Waals surface area contributed by atoms with E-state index in [0.717, 1.165) is 23.1 Å². The van der Waals surface area contributed by atoms with Crippen molar-refractivity contribution >= 4 is 16.6 Å². The summed E-state index contributed by atoms with van der Waals surface area (Å²) in [5.74, 6) is 0.159. The lowest BCUT2D eigenvalue weighted by Crippen LogP contribution is -2.07. The first-order chi connectivity index (χ1) is 13.2. The topological polar surface area (TPSA) is 17.1 Å². The van der Waals surface area contributed by atoms with Gasteiger partial charge in [-0.05, 0) is 52.4 Å². The number of hydrogen-bond donors (Lipinski definition) is 0. The van der Waals surface area contributed by atoms with Crippen molar-refractivity contribution in [3.63, 3.8) is 0 Å². The highest BCUT2D eigenvalue weighted by molar-refractivity contribution is 6.06. The number of hydrogen-bond acceptors (Lipinski definition) is 1. The standard InChI is InChI=1S/C26H20O/c1-17-11-12-22-20(13-17)14-21(16-24(22)18-7-3-2-4-8-18)25-15-19-9-5-6-10-23(19)26(25)27/h2-14,16,25H,15H2,1H3. The van der Waals surface area contributed by atoms with Gasteiger partial charge in [0.05, 0.1) is 5.92 Å². The monoisotopic (exact) mass is 348 g/mol. The Morgan fingerprint density at radius 1 is 0.778 bits per heavy atom. The van der Waals surface area contributed by atoms with Crippen LogP contribution < -0.4 is 0 Å². The van der Waals surface area contributed by atoms with Crippen LogP contribution in [0.25, 0.3) is 21.9 Å². The van der Waals surface area contributed by atoms with Gasteiger partial charge in [-0.1, -0.05) is 84.4 Å². The largest absolute Gasteiger partial charge is 0.293 e. The summed E-state index contributed by atoms with van der Waals surface area (Å²) in [7, 11) is 0. The highest BCUT2D eigenvalue weighted by atomic mass is 16.1. The molecule has 1 aliphatic carbocycles. The molecule has 0 heterocycles. The van der Waals surface area contributed by atoms with E-state index in [-0.39, 0.29) is 11.7 Å². The molecule has 0 N–H and O–H groups in total. The van der Waals surface area contributed by atoms with Crippen LogP contribution >= 0.6 is 0 Å². The van der Waals surface area contributed by atoms with Gasteiger partial charge in [-0.25, -0.2) is 0 Å². The smallest absolute Gasteiger partial charge is 0.170 e. The Bertz CT molecular complexity index is 1170. The molecule has 0 aliphatic heterocycles. The second kappa shape index (κ2) is 6.21. The lowest BCUT2D eigenvalue weighted by atomic mass is 9.88. The van der Waals surface area contributed by atoms with Crippen LogP contribution in [0.15, 0.2) is 84.9 Å². The van der Waals surface area contributed by atoms with Crippen LogP contribution in [0.2, 0.25) is 0 Å². The number of carbonyl (C=O) groups excluding carboxylic acids is 1. The summed E-state index contributed by atoms with van der Waals surface area (Å²) in [5, 5.41) is 2.44. The summed E-state index contributed by atoms with van der Waals surface area (Å²) >= 11 is 0. The summed E-state index contributed by atoms with van der Waals surface area (Å²) in [6.45, 7) is 2.12. The molecule has 0 saturated heterocycles. The molecule has 1 atom stereocenters. The van der Waals surface area contributed by atoms with Crippen molar-refractivity contribution < 1.29 is 4.79 Å². The number of rotatable bonds is 2. The molecule has 0 amide bonds. The molecule has 0 saturated carbocycles. The number of Topliss-reactive ketones (excluding diaryl/α,β-unsaturated/α-hetero) is 1. The Morgan fingerprint density at radius 2 is 1.56 bits per heavy atom. The molecule has 5 rings (SSSR count). The summed E-state index contributed by atoms with van der Waals surface area (Å²) in [5.41, 5.74) is 6.79. The van der Waals surface area contributed by atoms with Crippen molar-refractivity contribution in [3.8, 4) is 11.1 Å². The van der Waals surface area contributed by atoms with E-state index in [1.807, 2.05) is 24.3 Å². The summed E-state index contributed by atoms with van der Waals surface area (Å²) in [6, 6.07) is 29.5. The lowest BCUT2D eigenvalue weighted by Gasteiger charge is -2.15. The van der Waals surface area contributed by atoms with Gasteiger partial charge in [0.25, 0.3) is 0 Å². The van der Waals surface area contributed by atoms with Gasteiger partial charge in [-0.3, -0.25) is 4.79 Å². The van der Waals surface area contributed by atoms with Gasteiger partial charge in [0.2, 0.25) is 0 Å². The quantitative estimate of drug-likeness (QED) is 0.413. The molecule has 0 bridgehead atoms. The highest BCUT2D eigenvalue weighted by Gasteiger charge is 2.31. The van der Waals surface area contributed by atoms with Gasteiger partial charge in [0, 0.05) is 5.56 Å². The maximum Gasteiger partial charge on any atom is 0.170 e. The van der Waals surface area contributed by atoms with Crippen molar-refractivity contribution in [3.05, 3.63) is 107 Å². The van der Waals surface area contributed by atoms with Crippen LogP contribution in [0.3, 0.4) is 0 Å². The molecule has 0 fully saturated rings. The Balaban J connectivity index is 1.71. The zero-order valence-electron chi connectivity index (χ0n) is 15.3. The van der Waals surface area contributed by atoms with Crippen molar-refractivity contribution in [2.45, 2.75) is 19.3 Å². The van der Waals surface area contributed by atoms with Gasteiger partial charge >= 0.3 is 0 Å². The summed E-state index contributed by atoms with van der Waals surface area (Å²) in [6.07, 6.45) is 0.792. The summed E-state index contributed by atoms with van der Waals surface area (Å²) < 4.78 is 0. The van der Waals surface area contributed by atoms with Gasteiger partial charge in [0.15, 0.2) is 5.78 Å².